The molecule has 0 saturated carbocycles. The molecule has 0 radical (unpaired) electrons. The summed E-state index contributed by atoms with van der Waals surface area (Å²) in [6, 6.07) is 6.04. The van der Waals surface area contributed by atoms with Crippen LogP contribution >= 0.6 is 22.9 Å². The molecule has 0 unspecified atom stereocenters. The molecule has 0 saturated heterocycles. The molecule has 0 spiro atoms. The first kappa shape index (κ1) is 13.4. The van der Waals surface area contributed by atoms with E-state index in [1.807, 2.05) is 0 Å². The van der Waals surface area contributed by atoms with Crippen molar-refractivity contribution < 1.29 is 9.72 Å². The molecule has 0 aliphatic rings. The van der Waals surface area contributed by atoms with Crippen molar-refractivity contribution in [2.45, 2.75) is 0 Å². The van der Waals surface area contributed by atoms with Crippen molar-refractivity contribution in [1.82, 2.24) is 4.98 Å². The number of amides is 1. The number of rotatable bonds is 4. The van der Waals surface area contributed by atoms with Crippen molar-refractivity contribution in [3.8, 4) is 11.3 Å². The number of thiazole rings is 1. The van der Waals surface area contributed by atoms with Crippen LogP contribution in [0.3, 0.4) is 0 Å². The highest BCUT2D eigenvalue weighted by Crippen LogP contribution is 2.26. The highest BCUT2D eigenvalue weighted by Gasteiger charge is 2.09. The van der Waals surface area contributed by atoms with E-state index < -0.39 is 4.92 Å². The van der Waals surface area contributed by atoms with E-state index >= 15 is 0 Å². The summed E-state index contributed by atoms with van der Waals surface area (Å²) in [5.41, 5.74) is 1.41. The molecule has 0 bridgehead atoms. The Morgan fingerprint density at radius 3 is 2.68 bits per heavy atom. The lowest BCUT2D eigenvalue weighted by Crippen LogP contribution is -2.12. The number of hydrogen-bond acceptors (Lipinski definition) is 5. The molecule has 1 aromatic heterocycles. The van der Waals surface area contributed by atoms with Gasteiger partial charge in [0.15, 0.2) is 5.13 Å². The minimum Gasteiger partial charge on any atom is -0.301 e. The lowest BCUT2D eigenvalue weighted by Gasteiger charge is -1.97. The van der Waals surface area contributed by atoms with Crippen molar-refractivity contribution >= 4 is 39.7 Å². The van der Waals surface area contributed by atoms with Gasteiger partial charge in [0.1, 0.15) is 5.88 Å². The van der Waals surface area contributed by atoms with Crippen LogP contribution in [0.5, 0.6) is 0 Å². The minimum absolute atomic E-state index is 0.0228. The van der Waals surface area contributed by atoms with Gasteiger partial charge in [0.2, 0.25) is 5.91 Å². The fourth-order valence-electron chi connectivity index (χ4n) is 1.37. The van der Waals surface area contributed by atoms with Gasteiger partial charge >= 0.3 is 0 Å². The summed E-state index contributed by atoms with van der Waals surface area (Å²) in [5.74, 6) is -0.460. The lowest BCUT2D eigenvalue weighted by atomic mass is 10.1. The molecular formula is C11H8ClN3O3S. The molecule has 1 aromatic carbocycles. The highest BCUT2D eigenvalue weighted by atomic mass is 35.5. The fraction of sp³-hybridized carbons (Fsp3) is 0.0909. The number of hydrogen-bond donors (Lipinski definition) is 1. The van der Waals surface area contributed by atoms with Gasteiger partial charge in [-0.25, -0.2) is 4.98 Å². The molecule has 2 aromatic rings. The highest BCUT2D eigenvalue weighted by molar-refractivity contribution is 7.14. The molecule has 6 nitrogen and oxygen atoms in total. The Morgan fingerprint density at radius 2 is 2.11 bits per heavy atom. The van der Waals surface area contributed by atoms with E-state index in [-0.39, 0.29) is 17.5 Å². The van der Waals surface area contributed by atoms with Crippen molar-refractivity contribution in [2.75, 3.05) is 11.2 Å². The third kappa shape index (κ3) is 3.27. The number of benzene rings is 1. The minimum atomic E-state index is -0.461. The SMILES string of the molecule is O=C(CCl)Nc1nc(-c2ccc([N+](=O)[O-])cc2)cs1. The summed E-state index contributed by atoms with van der Waals surface area (Å²) in [6.45, 7) is 0. The summed E-state index contributed by atoms with van der Waals surface area (Å²) < 4.78 is 0. The molecule has 0 aliphatic heterocycles. The predicted octanol–water partition coefficient (Wildman–Crippen LogP) is 2.90. The van der Waals surface area contributed by atoms with Crippen LogP contribution in [0.25, 0.3) is 11.3 Å². The Kier molecular flexibility index (Phi) is 4.08. The largest absolute Gasteiger partial charge is 0.301 e. The number of carbonyl (C=O) groups is 1. The van der Waals surface area contributed by atoms with Gasteiger partial charge in [-0.3, -0.25) is 14.9 Å². The molecule has 0 fully saturated rings. The van der Waals surface area contributed by atoms with E-state index in [9.17, 15) is 14.9 Å². The van der Waals surface area contributed by atoms with Crippen LogP contribution in [0, 0.1) is 10.1 Å². The molecule has 98 valence electrons. The zero-order valence-corrected chi connectivity index (χ0v) is 11.1. The Hall–Kier alpha value is -1.99. The topological polar surface area (TPSA) is 85.1 Å². The van der Waals surface area contributed by atoms with E-state index in [2.05, 4.69) is 10.3 Å². The number of anilines is 1. The average Bonchev–Trinajstić information content (AvgIpc) is 2.87. The lowest BCUT2D eigenvalue weighted by molar-refractivity contribution is -0.384. The monoisotopic (exact) mass is 297 g/mol. The van der Waals surface area contributed by atoms with E-state index in [4.69, 9.17) is 11.6 Å². The van der Waals surface area contributed by atoms with Crippen molar-refractivity contribution in [2.24, 2.45) is 0 Å². The maximum atomic E-state index is 11.1. The number of nitrogens with zero attached hydrogens (tertiary/aromatic N) is 2. The van der Waals surface area contributed by atoms with Gasteiger partial charge in [-0.05, 0) is 12.1 Å². The summed E-state index contributed by atoms with van der Waals surface area (Å²) in [7, 11) is 0. The summed E-state index contributed by atoms with van der Waals surface area (Å²) in [4.78, 5) is 25.4. The van der Waals surface area contributed by atoms with Crippen LogP contribution in [-0.2, 0) is 4.79 Å². The third-order valence-electron chi connectivity index (χ3n) is 2.25. The first-order valence-electron chi connectivity index (χ1n) is 5.16. The maximum Gasteiger partial charge on any atom is 0.269 e. The molecular weight excluding hydrogens is 290 g/mol. The Morgan fingerprint density at radius 1 is 1.42 bits per heavy atom. The average molecular weight is 298 g/mol. The quantitative estimate of drug-likeness (QED) is 0.534. The molecule has 0 atom stereocenters. The smallest absolute Gasteiger partial charge is 0.269 e. The number of non-ortho nitro benzene ring substituents is 1. The Labute approximate surface area is 117 Å². The summed E-state index contributed by atoms with van der Waals surface area (Å²) in [5, 5.41) is 15.3. The molecule has 0 aliphatic carbocycles. The zero-order chi connectivity index (χ0) is 13.8. The van der Waals surface area contributed by atoms with Gasteiger partial charge in [-0.1, -0.05) is 0 Å². The van der Waals surface area contributed by atoms with Gasteiger partial charge in [-0.2, -0.15) is 0 Å². The van der Waals surface area contributed by atoms with Crippen LogP contribution in [0.1, 0.15) is 0 Å². The van der Waals surface area contributed by atoms with Crippen LogP contribution in [-0.4, -0.2) is 21.7 Å². The van der Waals surface area contributed by atoms with Crippen molar-refractivity contribution in [1.29, 1.82) is 0 Å². The van der Waals surface area contributed by atoms with E-state index in [1.165, 1.54) is 23.5 Å². The molecule has 1 amide bonds. The van der Waals surface area contributed by atoms with E-state index in [1.54, 1.807) is 17.5 Å². The Balaban J connectivity index is 2.18. The van der Waals surface area contributed by atoms with Crippen LogP contribution in [0.15, 0.2) is 29.6 Å². The molecule has 1 N–H and O–H groups in total. The van der Waals surface area contributed by atoms with Crippen molar-refractivity contribution in [3.05, 3.63) is 39.8 Å². The van der Waals surface area contributed by atoms with Crippen LogP contribution in [0.2, 0.25) is 0 Å². The van der Waals surface area contributed by atoms with Crippen molar-refractivity contribution in [3.63, 3.8) is 0 Å². The number of aromatic nitrogens is 1. The fourth-order valence-corrected chi connectivity index (χ4v) is 2.17. The molecule has 2 rings (SSSR count). The van der Waals surface area contributed by atoms with Gasteiger partial charge in [0.05, 0.1) is 10.6 Å². The second-order valence-electron chi connectivity index (χ2n) is 3.52. The third-order valence-corrected chi connectivity index (χ3v) is 3.25. The maximum absolute atomic E-state index is 11.1. The van der Waals surface area contributed by atoms with Crippen LogP contribution < -0.4 is 5.32 Å². The molecule has 8 heteroatoms. The number of nitro benzene ring substituents is 1. The molecule has 1 heterocycles. The number of alkyl halides is 1. The van der Waals surface area contributed by atoms with Gasteiger partial charge < -0.3 is 5.32 Å². The first-order valence-corrected chi connectivity index (χ1v) is 6.57. The normalized spacial score (nSPS) is 10.2. The number of halogens is 1. The number of nitro groups is 1. The number of nitrogens with one attached hydrogen (secondary N) is 1. The second kappa shape index (κ2) is 5.77. The van der Waals surface area contributed by atoms with Gasteiger partial charge in [0.25, 0.3) is 5.69 Å². The summed E-state index contributed by atoms with van der Waals surface area (Å²) >= 11 is 6.64. The zero-order valence-electron chi connectivity index (χ0n) is 9.50. The second-order valence-corrected chi connectivity index (χ2v) is 4.65. The Bertz CT molecular complexity index is 612. The van der Waals surface area contributed by atoms with Gasteiger partial charge in [0, 0.05) is 23.1 Å². The standard InChI is InChI=1S/C11H8ClN3O3S/c12-5-10(16)14-11-13-9(6-19-11)7-1-3-8(4-2-7)15(17)18/h1-4,6H,5H2,(H,13,14,16). The van der Waals surface area contributed by atoms with Crippen LogP contribution in [0.4, 0.5) is 10.8 Å². The van der Waals surface area contributed by atoms with E-state index in [0.29, 0.717) is 10.8 Å². The van der Waals surface area contributed by atoms with Gasteiger partial charge in [-0.15, -0.1) is 22.9 Å². The molecule has 19 heavy (non-hydrogen) atoms. The predicted molar refractivity (Wildman–Crippen MR) is 73.6 cm³/mol. The first-order chi connectivity index (χ1) is 9.10. The number of carbonyl (C=O) groups excluding carboxylic acids is 1. The van der Waals surface area contributed by atoms with E-state index in [0.717, 1.165) is 5.56 Å². The summed E-state index contributed by atoms with van der Waals surface area (Å²) in [6.07, 6.45) is 0.